The van der Waals surface area contributed by atoms with Crippen molar-refractivity contribution in [1.29, 1.82) is 0 Å². The number of rotatable bonds is 4. The normalized spacial score (nSPS) is 43.0. The Kier molecular flexibility index (Phi) is 5.50. The van der Waals surface area contributed by atoms with Crippen LogP contribution in [0.15, 0.2) is 0 Å². The van der Waals surface area contributed by atoms with Crippen LogP contribution in [-0.4, -0.2) is 24.3 Å². The van der Waals surface area contributed by atoms with Gasteiger partial charge in [0.15, 0.2) is 0 Å². The molecule has 1 aliphatic heterocycles. The van der Waals surface area contributed by atoms with Gasteiger partial charge in [0.1, 0.15) is 0 Å². The topological polar surface area (TPSA) is 61.3 Å². The maximum atomic E-state index is 6.74. The summed E-state index contributed by atoms with van der Waals surface area (Å²) in [5, 5.41) is 0. The van der Waals surface area contributed by atoms with Gasteiger partial charge in [-0.25, -0.2) is 0 Å². The Hall–Kier alpha value is -0.120. The second kappa shape index (κ2) is 7.63. The highest BCUT2D eigenvalue weighted by Gasteiger charge is 2.50. The molecular weight excluding hydrogens is 296 g/mol. The Morgan fingerprint density at radius 3 is 2.25 bits per heavy atom. The highest BCUT2D eigenvalue weighted by Crippen LogP contribution is 2.50. The van der Waals surface area contributed by atoms with Crippen molar-refractivity contribution in [3.05, 3.63) is 0 Å². The summed E-state index contributed by atoms with van der Waals surface area (Å²) in [6, 6.07) is 0.555. The summed E-state index contributed by atoms with van der Waals surface area (Å²) in [7, 11) is 0. The van der Waals surface area contributed by atoms with E-state index in [0.717, 1.165) is 24.2 Å². The summed E-state index contributed by atoms with van der Waals surface area (Å²) in [5.41, 5.74) is 13.3. The number of hydrogen-bond acceptors (Lipinski definition) is 3. The van der Waals surface area contributed by atoms with E-state index in [1.54, 1.807) is 0 Å². The van der Waals surface area contributed by atoms with Gasteiger partial charge in [-0.2, -0.15) is 0 Å². The van der Waals surface area contributed by atoms with Crippen LogP contribution in [0.3, 0.4) is 0 Å². The van der Waals surface area contributed by atoms with Crippen LogP contribution in [-0.2, 0) is 4.74 Å². The standard InChI is InChI=1S/C21H38N2O/c22-18(14-7-2-1-3-8-14)13-19(23)17-11-6-10-16-15-9-4-5-12-20(15)24-21(16)17/h14-21H,1-13,22-23H2. The molecular formula is C21H38N2O. The lowest BCUT2D eigenvalue weighted by atomic mass is 9.68. The summed E-state index contributed by atoms with van der Waals surface area (Å²) < 4.78 is 6.61. The third-order valence-corrected chi connectivity index (χ3v) is 7.90. The van der Waals surface area contributed by atoms with E-state index >= 15 is 0 Å². The lowest BCUT2D eigenvalue weighted by Gasteiger charge is -2.39. The van der Waals surface area contributed by atoms with E-state index in [0.29, 0.717) is 24.2 Å². The van der Waals surface area contributed by atoms with Crippen molar-refractivity contribution < 1.29 is 4.74 Å². The van der Waals surface area contributed by atoms with E-state index in [1.165, 1.54) is 77.0 Å². The number of fused-ring (bicyclic) bond motifs is 3. The first kappa shape index (κ1) is 17.3. The molecule has 0 aromatic rings. The van der Waals surface area contributed by atoms with Gasteiger partial charge >= 0.3 is 0 Å². The zero-order chi connectivity index (χ0) is 16.5. The molecule has 0 amide bonds. The Balaban J connectivity index is 1.37. The predicted molar refractivity (Wildman–Crippen MR) is 98.6 cm³/mol. The molecule has 1 heterocycles. The first-order valence-corrected chi connectivity index (χ1v) is 10.9. The van der Waals surface area contributed by atoms with Gasteiger partial charge in [-0.05, 0) is 62.7 Å². The zero-order valence-corrected chi connectivity index (χ0v) is 15.4. The molecule has 0 spiro atoms. The molecule has 24 heavy (non-hydrogen) atoms. The van der Waals surface area contributed by atoms with Crippen LogP contribution in [0.4, 0.5) is 0 Å². The fraction of sp³-hybridized carbons (Fsp3) is 1.00. The minimum atomic E-state index is 0.245. The summed E-state index contributed by atoms with van der Waals surface area (Å²) in [5.74, 6) is 2.91. The highest BCUT2D eigenvalue weighted by molar-refractivity contribution is 5.00. The molecule has 7 unspecified atom stereocenters. The summed E-state index contributed by atoms with van der Waals surface area (Å²) in [6.07, 6.45) is 18.3. The van der Waals surface area contributed by atoms with Crippen molar-refractivity contribution in [2.45, 2.75) is 108 Å². The highest BCUT2D eigenvalue weighted by atomic mass is 16.5. The van der Waals surface area contributed by atoms with Gasteiger partial charge < -0.3 is 16.2 Å². The fourth-order valence-corrected chi connectivity index (χ4v) is 6.58. The van der Waals surface area contributed by atoms with Crippen LogP contribution < -0.4 is 11.5 Å². The van der Waals surface area contributed by atoms with E-state index in [1.807, 2.05) is 0 Å². The molecule has 3 nitrogen and oxygen atoms in total. The quantitative estimate of drug-likeness (QED) is 0.817. The van der Waals surface area contributed by atoms with Crippen LogP contribution in [0.2, 0.25) is 0 Å². The average molecular weight is 335 g/mol. The predicted octanol–water partition coefficient (Wildman–Crippen LogP) is 3.99. The van der Waals surface area contributed by atoms with Gasteiger partial charge in [0.2, 0.25) is 0 Å². The van der Waals surface area contributed by atoms with Gasteiger partial charge in [-0.3, -0.25) is 0 Å². The van der Waals surface area contributed by atoms with Crippen LogP contribution >= 0.6 is 0 Å². The number of hydrogen-bond donors (Lipinski definition) is 2. The van der Waals surface area contributed by atoms with E-state index in [9.17, 15) is 0 Å². The maximum absolute atomic E-state index is 6.74. The Morgan fingerprint density at radius 1 is 0.708 bits per heavy atom. The molecule has 3 saturated carbocycles. The van der Waals surface area contributed by atoms with Gasteiger partial charge in [-0.1, -0.05) is 38.5 Å². The molecule has 0 bridgehead atoms. The Morgan fingerprint density at radius 2 is 1.42 bits per heavy atom. The largest absolute Gasteiger partial charge is 0.374 e. The van der Waals surface area contributed by atoms with Gasteiger partial charge in [0, 0.05) is 18.0 Å². The molecule has 0 aromatic heterocycles. The molecule has 4 rings (SSSR count). The van der Waals surface area contributed by atoms with E-state index in [-0.39, 0.29) is 6.04 Å². The van der Waals surface area contributed by atoms with Crippen molar-refractivity contribution in [2.75, 3.05) is 0 Å². The summed E-state index contributed by atoms with van der Waals surface area (Å²) in [6.45, 7) is 0. The van der Waals surface area contributed by atoms with Crippen molar-refractivity contribution in [3.8, 4) is 0 Å². The number of ether oxygens (including phenoxy) is 1. The lowest BCUT2D eigenvalue weighted by molar-refractivity contribution is -0.0331. The molecule has 0 aromatic carbocycles. The van der Waals surface area contributed by atoms with Crippen molar-refractivity contribution in [1.82, 2.24) is 0 Å². The molecule has 1 saturated heterocycles. The second-order valence-electron chi connectivity index (χ2n) is 9.31. The first-order valence-electron chi connectivity index (χ1n) is 10.9. The lowest BCUT2D eigenvalue weighted by Crippen LogP contribution is -2.47. The molecule has 4 aliphatic rings. The van der Waals surface area contributed by atoms with Crippen molar-refractivity contribution in [2.24, 2.45) is 35.1 Å². The van der Waals surface area contributed by atoms with E-state index in [4.69, 9.17) is 16.2 Å². The maximum Gasteiger partial charge on any atom is 0.0653 e. The second-order valence-corrected chi connectivity index (χ2v) is 9.31. The summed E-state index contributed by atoms with van der Waals surface area (Å²) in [4.78, 5) is 0. The van der Waals surface area contributed by atoms with E-state index < -0.39 is 0 Å². The molecule has 4 fully saturated rings. The third kappa shape index (κ3) is 3.41. The van der Waals surface area contributed by atoms with Gasteiger partial charge in [0.05, 0.1) is 12.2 Å². The Labute approximate surface area is 148 Å². The number of nitrogens with two attached hydrogens (primary N) is 2. The zero-order valence-electron chi connectivity index (χ0n) is 15.4. The fourth-order valence-electron chi connectivity index (χ4n) is 6.58. The van der Waals surface area contributed by atoms with E-state index in [2.05, 4.69) is 0 Å². The average Bonchev–Trinajstić information content (AvgIpc) is 3.01. The van der Waals surface area contributed by atoms with Crippen molar-refractivity contribution >= 4 is 0 Å². The third-order valence-electron chi connectivity index (χ3n) is 7.90. The van der Waals surface area contributed by atoms with Crippen LogP contribution in [0.25, 0.3) is 0 Å². The molecule has 0 radical (unpaired) electrons. The molecule has 3 aliphatic carbocycles. The molecule has 7 atom stereocenters. The minimum absolute atomic E-state index is 0.245. The molecule has 4 N–H and O–H groups in total. The van der Waals surface area contributed by atoms with Crippen molar-refractivity contribution in [3.63, 3.8) is 0 Å². The minimum Gasteiger partial charge on any atom is -0.374 e. The monoisotopic (exact) mass is 334 g/mol. The molecule has 138 valence electrons. The van der Waals surface area contributed by atoms with Gasteiger partial charge in [-0.15, -0.1) is 0 Å². The van der Waals surface area contributed by atoms with Crippen LogP contribution in [0.1, 0.15) is 83.5 Å². The van der Waals surface area contributed by atoms with Crippen LogP contribution in [0, 0.1) is 23.7 Å². The van der Waals surface area contributed by atoms with Crippen LogP contribution in [0.5, 0.6) is 0 Å². The molecule has 3 heteroatoms. The SMILES string of the molecule is NC(CC(N)C1CCCC2C3CCCCC3OC12)C1CCCCC1. The van der Waals surface area contributed by atoms with Gasteiger partial charge in [0.25, 0.3) is 0 Å². The smallest absolute Gasteiger partial charge is 0.0653 e. The first-order chi connectivity index (χ1) is 11.7. The summed E-state index contributed by atoms with van der Waals surface area (Å²) >= 11 is 0. The Bertz CT molecular complexity index is 409.